The Kier molecular flexibility index (Phi) is 2.59. The van der Waals surface area contributed by atoms with Gasteiger partial charge in [0.1, 0.15) is 0 Å². The van der Waals surface area contributed by atoms with E-state index in [4.69, 9.17) is 0 Å². The van der Waals surface area contributed by atoms with Gasteiger partial charge in [-0.25, -0.2) is 9.37 Å². The first-order chi connectivity index (χ1) is 7.74. The highest BCUT2D eigenvalue weighted by atomic mass is 79.9. The van der Waals surface area contributed by atoms with E-state index in [0.29, 0.717) is 22.1 Å². The third-order valence-corrected chi connectivity index (χ3v) is 3.91. The maximum atomic E-state index is 13.7. The molecular weight excluding hydrogens is 273 g/mol. The molecule has 0 radical (unpaired) electrons. The van der Waals surface area contributed by atoms with Crippen LogP contribution in [0.1, 0.15) is 0 Å². The van der Waals surface area contributed by atoms with Crippen LogP contribution in [0.4, 0.5) is 10.2 Å². The van der Waals surface area contributed by atoms with Crippen LogP contribution in [-0.4, -0.2) is 31.2 Å². The van der Waals surface area contributed by atoms with Crippen molar-refractivity contribution in [1.82, 2.24) is 10.3 Å². The van der Waals surface area contributed by atoms with E-state index in [1.54, 1.807) is 6.20 Å². The first-order valence-corrected chi connectivity index (χ1v) is 6.30. The number of nitrogens with zero attached hydrogens (tertiary/aromatic N) is 2. The van der Waals surface area contributed by atoms with Crippen LogP contribution in [0.2, 0.25) is 0 Å². The van der Waals surface area contributed by atoms with Crippen LogP contribution in [0.25, 0.3) is 0 Å². The minimum atomic E-state index is -0.234. The fraction of sp³-hybridized carbons (Fsp3) is 0.545. The standard InChI is InChI=1S/C11H13BrFN3/c12-9-1-10(13)11(15-4-9)16-5-7-2-14-3-8(7)6-16/h1,4,7-8,14H,2-3,5-6H2/t7-,8+. The number of anilines is 1. The molecule has 2 fully saturated rings. The molecule has 1 N–H and O–H groups in total. The highest BCUT2D eigenvalue weighted by Crippen LogP contribution is 2.31. The van der Waals surface area contributed by atoms with Crippen LogP contribution in [0.3, 0.4) is 0 Å². The van der Waals surface area contributed by atoms with Gasteiger partial charge in [-0.05, 0) is 33.8 Å². The van der Waals surface area contributed by atoms with Crippen molar-refractivity contribution in [2.45, 2.75) is 0 Å². The summed E-state index contributed by atoms with van der Waals surface area (Å²) >= 11 is 3.22. The van der Waals surface area contributed by atoms with Gasteiger partial charge in [-0.1, -0.05) is 0 Å². The molecule has 2 aliphatic rings. The van der Waals surface area contributed by atoms with E-state index in [9.17, 15) is 4.39 Å². The lowest BCUT2D eigenvalue weighted by Gasteiger charge is -2.18. The van der Waals surface area contributed by atoms with Crippen molar-refractivity contribution in [2.75, 3.05) is 31.1 Å². The molecule has 2 aliphatic heterocycles. The molecule has 3 rings (SSSR count). The Bertz CT molecular complexity index is 400. The van der Waals surface area contributed by atoms with E-state index in [0.717, 1.165) is 26.2 Å². The van der Waals surface area contributed by atoms with E-state index < -0.39 is 0 Å². The molecule has 1 aromatic rings. The molecule has 5 heteroatoms. The molecule has 0 aliphatic carbocycles. The van der Waals surface area contributed by atoms with Crippen molar-refractivity contribution in [2.24, 2.45) is 11.8 Å². The molecule has 0 saturated carbocycles. The second-order valence-corrected chi connectivity index (χ2v) is 5.46. The molecule has 86 valence electrons. The number of fused-ring (bicyclic) bond motifs is 1. The lowest BCUT2D eigenvalue weighted by molar-refractivity contribution is 0.533. The summed E-state index contributed by atoms with van der Waals surface area (Å²) < 4.78 is 14.4. The Morgan fingerprint density at radius 2 is 2.06 bits per heavy atom. The number of pyridine rings is 1. The van der Waals surface area contributed by atoms with Gasteiger partial charge in [-0.2, -0.15) is 0 Å². The fourth-order valence-corrected chi connectivity index (χ4v) is 2.97. The van der Waals surface area contributed by atoms with Gasteiger partial charge < -0.3 is 10.2 Å². The zero-order valence-electron chi connectivity index (χ0n) is 8.79. The summed E-state index contributed by atoms with van der Waals surface area (Å²) in [5.74, 6) is 1.58. The van der Waals surface area contributed by atoms with Crippen LogP contribution in [-0.2, 0) is 0 Å². The van der Waals surface area contributed by atoms with Crippen LogP contribution >= 0.6 is 15.9 Å². The molecule has 0 spiro atoms. The maximum absolute atomic E-state index is 13.7. The van der Waals surface area contributed by atoms with Crippen molar-refractivity contribution in [3.63, 3.8) is 0 Å². The normalized spacial score (nSPS) is 28.5. The molecule has 16 heavy (non-hydrogen) atoms. The van der Waals surface area contributed by atoms with Gasteiger partial charge in [0.25, 0.3) is 0 Å². The van der Waals surface area contributed by atoms with E-state index in [1.807, 2.05) is 0 Å². The second-order valence-electron chi connectivity index (χ2n) is 4.54. The number of rotatable bonds is 1. The third kappa shape index (κ3) is 1.72. The average molecular weight is 286 g/mol. The van der Waals surface area contributed by atoms with Crippen LogP contribution in [0.15, 0.2) is 16.7 Å². The molecule has 2 atom stereocenters. The Morgan fingerprint density at radius 1 is 1.38 bits per heavy atom. The molecule has 3 nitrogen and oxygen atoms in total. The van der Waals surface area contributed by atoms with Crippen LogP contribution in [0, 0.1) is 17.7 Å². The monoisotopic (exact) mass is 285 g/mol. The summed E-state index contributed by atoms with van der Waals surface area (Å²) in [5, 5.41) is 3.37. The van der Waals surface area contributed by atoms with Gasteiger partial charge in [0.05, 0.1) is 0 Å². The smallest absolute Gasteiger partial charge is 0.166 e. The molecule has 3 heterocycles. The lowest BCUT2D eigenvalue weighted by Crippen LogP contribution is -2.26. The van der Waals surface area contributed by atoms with E-state index >= 15 is 0 Å². The van der Waals surface area contributed by atoms with Crippen LogP contribution in [0.5, 0.6) is 0 Å². The number of hydrogen-bond donors (Lipinski definition) is 1. The predicted molar refractivity (Wildman–Crippen MR) is 64.0 cm³/mol. The number of halogens is 2. The van der Waals surface area contributed by atoms with Crippen molar-refractivity contribution in [3.05, 3.63) is 22.6 Å². The first-order valence-electron chi connectivity index (χ1n) is 5.51. The molecule has 1 aromatic heterocycles. The predicted octanol–water partition coefficient (Wildman–Crippen LogP) is 1.64. The summed E-state index contributed by atoms with van der Waals surface area (Å²) in [5.41, 5.74) is 0. The Morgan fingerprint density at radius 3 is 2.69 bits per heavy atom. The molecule has 0 aromatic carbocycles. The Labute approximate surface area is 102 Å². The second kappa shape index (κ2) is 3.96. The first kappa shape index (κ1) is 10.5. The van der Waals surface area contributed by atoms with Gasteiger partial charge in [0.15, 0.2) is 11.6 Å². The van der Waals surface area contributed by atoms with Gasteiger partial charge in [0.2, 0.25) is 0 Å². The van der Waals surface area contributed by atoms with E-state index in [-0.39, 0.29) is 5.82 Å². The SMILES string of the molecule is Fc1cc(Br)cnc1N1C[C@H]2CNC[C@H]2C1. The van der Waals surface area contributed by atoms with Crippen molar-refractivity contribution >= 4 is 21.7 Å². The Balaban J connectivity index is 1.83. The zero-order chi connectivity index (χ0) is 11.1. The van der Waals surface area contributed by atoms with Gasteiger partial charge in [-0.15, -0.1) is 0 Å². The van der Waals surface area contributed by atoms with Gasteiger partial charge in [0, 0.05) is 36.8 Å². The van der Waals surface area contributed by atoms with Gasteiger partial charge >= 0.3 is 0 Å². The topological polar surface area (TPSA) is 28.2 Å². The minimum absolute atomic E-state index is 0.234. The summed E-state index contributed by atoms with van der Waals surface area (Å²) in [6, 6.07) is 1.48. The highest BCUT2D eigenvalue weighted by Gasteiger charge is 2.37. The number of hydrogen-bond acceptors (Lipinski definition) is 3. The van der Waals surface area contributed by atoms with E-state index in [1.165, 1.54) is 6.07 Å². The molecular formula is C11H13BrFN3. The number of nitrogens with one attached hydrogen (secondary N) is 1. The molecule has 0 bridgehead atoms. The van der Waals surface area contributed by atoms with Crippen molar-refractivity contribution < 1.29 is 4.39 Å². The third-order valence-electron chi connectivity index (χ3n) is 3.48. The van der Waals surface area contributed by atoms with Gasteiger partial charge in [-0.3, -0.25) is 0 Å². The van der Waals surface area contributed by atoms with Crippen LogP contribution < -0.4 is 10.2 Å². The van der Waals surface area contributed by atoms with Crippen molar-refractivity contribution in [3.8, 4) is 0 Å². The highest BCUT2D eigenvalue weighted by molar-refractivity contribution is 9.10. The number of aromatic nitrogens is 1. The summed E-state index contributed by atoms with van der Waals surface area (Å²) in [7, 11) is 0. The minimum Gasteiger partial charge on any atom is -0.354 e. The fourth-order valence-electron chi connectivity index (χ4n) is 2.67. The summed E-state index contributed by atoms with van der Waals surface area (Å²) in [6.45, 7) is 3.95. The molecule has 2 saturated heterocycles. The summed E-state index contributed by atoms with van der Waals surface area (Å²) in [4.78, 5) is 6.24. The van der Waals surface area contributed by atoms with E-state index in [2.05, 4.69) is 31.1 Å². The average Bonchev–Trinajstić information content (AvgIpc) is 2.76. The largest absolute Gasteiger partial charge is 0.354 e. The quantitative estimate of drug-likeness (QED) is 0.850. The van der Waals surface area contributed by atoms with Crippen molar-refractivity contribution in [1.29, 1.82) is 0 Å². The molecule has 0 unspecified atom stereocenters. The lowest BCUT2D eigenvalue weighted by atomic mass is 10.0. The zero-order valence-corrected chi connectivity index (χ0v) is 10.4. The maximum Gasteiger partial charge on any atom is 0.166 e. The Hall–Kier alpha value is -0.680. The molecule has 0 amide bonds. The summed E-state index contributed by atoms with van der Waals surface area (Å²) in [6.07, 6.45) is 1.66.